The van der Waals surface area contributed by atoms with Crippen molar-refractivity contribution >= 4 is 33.2 Å². The lowest BCUT2D eigenvalue weighted by Crippen LogP contribution is -2.01. The van der Waals surface area contributed by atoms with Crippen LogP contribution in [0.5, 0.6) is 0 Å². The summed E-state index contributed by atoms with van der Waals surface area (Å²) in [6, 6.07) is 0. The Kier molecular flexibility index (Phi) is 3.02. The summed E-state index contributed by atoms with van der Waals surface area (Å²) in [5.74, 6) is -0.318. The number of carbonyl (C=O) groups is 1. The first-order valence-electron chi connectivity index (χ1n) is 2.86. The molecule has 11 heavy (non-hydrogen) atoms. The van der Waals surface area contributed by atoms with Crippen molar-refractivity contribution in [2.24, 2.45) is 0 Å². The van der Waals surface area contributed by atoms with Crippen LogP contribution >= 0.6 is 27.3 Å². The van der Waals surface area contributed by atoms with Crippen molar-refractivity contribution in [3.8, 4) is 0 Å². The van der Waals surface area contributed by atoms with Gasteiger partial charge < -0.3 is 4.74 Å². The smallest absolute Gasteiger partial charge is 0.350 e. The molecule has 0 amide bonds. The van der Waals surface area contributed by atoms with Gasteiger partial charge in [0.05, 0.1) is 18.3 Å². The number of thiazole rings is 1. The van der Waals surface area contributed by atoms with E-state index in [9.17, 15) is 4.79 Å². The van der Waals surface area contributed by atoms with Gasteiger partial charge in [-0.25, -0.2) is 9.78 Å². The van der Waals surface area contributed by atoms with E-state index in [2.05, 4.69) is 25.7 Å². The average molecular weight is 236 g/mol. The topological polar surface area (TPSA) is 39.2 Å². The van der Waals surface area contributed by atoms with E-state index in [1.807, 2.05) is 0 Å². The number of hydrogen-bond donors (Lipinski definition) is 0. The number of esters is 1. The van der Waals surface area contributed by atoms with Crippen LogP contribution in [-0.4, -0.2) is 18.1 Å². The maximum absolute atomic E-state index is 11.0. The lowest BCUT2D eigenvalue weighted by atomic mass is 10.4. The van der Waals surface area contributed by atoms with Gasteiger partial charge in [-0.05, 0) is 0 Å². The summed E-state index contributed by atoms with van der Waals surface area (Å²) in [5.41, 5.74) is 2.37. The first-order valence-corrected chi connectivity index (χ1v) is 4.86. The van der Waals surface area contributed by atoms with E-state index in [1.54, 1.807) is 5.51 Å². The van der Waals surface area contributed by atoms with Crippen molar-refractivity contribution < 1.29 is 9.53 Å². The Balaban J connectivity index is 2.92. The third-order valence-corrected chi connectivity index (χ3v) is 2.52. The summed E-state index contributed by atoms with van der Waals surface area (Å²) >= 11 is 4.51. The van der Waals surface area contributed by atoms with E-state index >= 15 is 0 Å². The van der Waals surface area contributed by atoms with E-state index in [0.29, 0.717) is 10.2 Å². The van der Waals surface area contributed by atoms with Crippen LogP contribution in [0.2, 0.25) is 0 Å². The van der Waals surface area contributed by atoms with E-state index in [0.717, 1.165) is 5.69 Å². The molecule has 0 aliphatic rings. The van der Waals surface area contributed by atoms with Gasteiger partial charge in [0.1, 0.15) is 4.88 Å². The molecule has 60 valence electrons. The number of methoxy groups -OCH3 is 1. The zero-order chi connectivity index (χ0) is 8.27. The monoisotopic (exact) mass is 235 g/mol. The molecule has 0 fully saturated rings. The molecule has 1 aromatic heterocycles. The van der Waals surface area contributed by atoms with Crippen LogP contribution < -0.4 is 0 Å². The lowest BCUT2D eigenvalue weighted by Gasteiger charge is -1.94. The molecule has 0 aromatic carbocycles. The standard InChI is InChI=1S/C6H6BrNO2S/c1-10-6(9)5-4(2-7)8-3-11-5/h3H,2H2,1H3. The summed E-state index contributed by atoms with van der Waals surface area (Å²) < 4.78 is 4.55. The summed E-state index contributed by atoms with van der Waals surface area (Å²) in [6.45, 7) is 0. The third kappa shape index (κ3) is 1.78. The third-order valence-electron chi connectivity index (χ3n) is 1.14. The van der Waals surface area contributed by atoms with Crippen LogP contribution in [0.4, 0.5) is 0 Å². The van der Waals surface area contributed by atoms with E-state index in [4.69, 9.17) is 0 Å². The summed E-state index contributed by atoms with van der Waals surface area (Å²) in [5, 5.41) is 0.584. The van der Waals surface area contributed by atoms with E-state index in [-0.39, 0.29) is 5.97 Å². The number of carbonyl (C=O) groups excluding carboxylic acids is 1. The Morgan fingerprint density at radius 3 is 3.18 bits per heavy atom. The normalized spacial score (nSPS) is 9.64. The molecule has 5 heteroatoms. The Morgan fingerprint density at radius 2 is 2.64 bits per heavy atom. The van der Waals surface area contributed by atoms with Gasteiger partial charge >= 0.3 is 5.97 Å². The van der Waals surface area contributed by atoms with Crippen molar-refractivity contribution in [1.29, 1.82) is 0 Å². The van der Waals surface area contributed by atoms with Crippen molar-refractivity contribution in [1.82, 2.24) is 4.98 Å². The van der Waals surface area contributed by atoms with Crippen molar-refractivity contribution in [3.63, 3.8) is 0 Å². The van der Waals surface area contributed by atoms with Crippen molar-refractivity contribution in [2.75, 3.05) is 7.11 Å². The SMILES string of the molecule is COC(=O)c1scnc1CBr. The number of aromatic nitrogens is 1. The van der Waals surface area contributed by atoms with Crippen molar-refractivity contribution in [3.05, 3.63) is 16.1 Å². The molecular formula is C6H6BrNO2S. The number of hydrogen-bond acceptors (Lipinski definition) is 4. The highest BCUT2D eigenvalue weighted by molar-refractivity contribution is 9.08. The molecule has 0 N–H and O–H groups in total. The fourth-order valence-corrected chi connectivity index (χ4v) is 1.96. The summed E-state index contributed by atoms with van der Waals surface area (Å²) in [4.78, 5) is 15.5. The fraction of sp³-hybridized carbons (Fsp3) is 0.333. The highest BCUT2D eigenvalue weighted by Gasteiger charge is 2.13. The molecule has 0 spiro atoms. The van der Waals surface area contributed by atoms with Gasteiger partial charge in [0.2, 0.25) is 0 Å². The number of nitrogens with zero attached hydrogens (tertiary/aromatic N) is 1. The maximum Gasteiger partial charge on any atom is 0.350 e. The van der Waals surface area contributed by atoms with Crippen LogP contribution in [0, 0.1) is 0 Å². The average Bonchev–Trinajstić information content (AvgIpc) is 2.50. The van der Waals surface area contributed by atoms with Gasteiger partial charge in [-0.2, -0.15) is 0 Å². The largest absolute Gasteiger partial charge is 0.465 e. The lowest BCUT2D eigenvalue weighted by molar-refractivity contribution is 0.0605. The van der Waals surface area contributed by atoms with Gasteiger partial charge in [-0.3, -0.25) is 0 Å². The summed E-state index contributed by atoms with van der Waals surface area (Å²) in [7, 11) is 1.36. The molecule has 3 nitrogen and oxygen atoms in total. The van der Waals surface area contributed by atoms with Gasteiger partial charge in [-0.1, -0.05) is 15.9 Å². The minimum atomic E-state index is -0.318. The highest BCUT2D eigenvalue weighted by atomic mass is 79.9. The van der Waals surface area contributed by atoms with Gasteiger partial charge in [-0.15, -0.1) is 11.3 Å². The predicted octanol–water partition coefficient (Wildman–Crippen LogP) is 1.82. The fourth-order valence-electron chi connectivity index (χ4n) is 0.623. The second-order valence-electron chi connectivity index (χ2n) is 1.75. The molecule has 0 saturated carbocycles. The quantitative estimate of drug-likeness (QED) is 0.580. The molecule has 0 unspecified atom stereocenters. The number of rotatable bonds is 2. The van der Waals surface area contributed by atoms with Crippen LogP contribution in [0.3, 0.4) is 0 Å². The zero-order valence-electron chi connectivity index (χ0n) is 5.83. The highest BCUT2D eigenvalue weighted by Crippen LogP contribution is 2.16. The molecule has 0 bridgehead atoms. The number of halogens is 1. The van der Waals surface area contributed by atoms with Crippen LogP contribution in [0.25, 0.3) is 0 Å². The Bertz CT molecular complexity index is 261. The Morgan fingerprint density at radius 1 is 1.91 bits per heavy atom. The Hall–Kier alpha value is -0.420. The van der Waals surface area contributed by atoms with Crippen molar-refractivity contribution in [2.45, 2.75) is 5.33 Å². The van der Waals surface area contributed by atoms with E-state index in [1.165, 1.54) is 18.4 Å². The molecule has 1 heterocycles. The van der Waals surface area contributed by atoms with Crippen LogP contribution in [0.1, 0.15) is 15.4 Å². The Labute approximate surface area is 76.5 Å². The molecule has 0 aliphatic carbocycles. The first kappa shape index (κ1) is 8.67. The second kappa shape index (κ2) is 3.82. The molecule has 0 saturated heterocycles. The minimum Gasteiger partial charge on any atom is -0.465 e. The number of alkyl halides is 1. The summed E-state index contributed by atoms with van der Waals surface area (Å²) in [6.07, 6.45) is 0. The predicted molar refractivity (Wildman–Crippen MR) is 46.1 cm³/mol. The maximum atomic E-state index is 11.0. The molecule has 0 atom stereocenters. The second-order valence-corrected chi connectivity index (χ2v) is 3.17. The van der Waals surface area contributed by atoms with Gasteiger partial charge in [0.25, 0.3) is 0 Å². The molecule has 0 radical (unpaired) electrons. The number of ether oxygens (including phenoxy) is 1. The first-order chi connectivity index (χ1) is 5.29. The van der Waals surface area contributed by atoms with Crippen LogP contribution in [-0.2, 0) is 10.1 Å². The van der Waals surface area contributed by atoms with Crippen LogP contribution in [0.15, 0.2) is 5.51 Å². The minimum absolute atomic E-state index is 0.318. The molecular weight excluding hydrogens is 230 g/mol. The van der Waals surface area contributed by atoms with E-state index < -0.39 is 0 Å². The molecule has 0 aliphatic heterocycles. The molecule has 1 aromatic rings. The van der Waals surface area contributed by atoms with Gasteiger partial charge in [0.15, 0.2) is 0 Å². The zero-order valence-corrected chi connectivity index (χ0v) is 8.24. The molecule has 1 rings (SSSR count). The van der Waals surface area contributed by atoms with Gasteiger partial charge in [0, 0.05) is 5.33 Å².